The number of carbonyl (C=O) groups excluding carboxylic acids is 1. The fourth-order valence-electron chi connectivity index (χ4n) is 2.30. The van der Waals surface area contributed by atoms with Crippen LogP contribution in [0.2, 0.25) is 0 Å². The van der Waals surface area contributed by atoms with Crippen molar-refractivity contribution in [2.45, 2.75) is 26.7 Å². The third-order valence-corrected chi connectivity index (χ3v) is 3.63. The van der Waals surface area contributed by atoms with E-state index in [0.29, 0.717) is 22.4 Å². The molecule has 0 atom stereocenters. The summed E-state index contributed by atoms with van der Waals surface area (Å²) in [5.74, 6) is 0.0319. The molecular formula is C14H21N3O. The van der Waals surface area contributed by atoms with Gasteiger partial charge in [-0.05, 0) is 36.5 Å². The van der Waals surface area contributed by atoms with Gasteiger partial charge in [-0.1, -0.05) is 13.8 Å². The number of likely N-dealkylation sites (tertiary alicyclic amines) is 1. The second kappa shape index (κ2) is 4.52. The van der Waals surface area contributed by atoms with Crippen LogP contribution in [0.25, 0.3) is 0 Å². The van der Waals surface area contributed by atoms with Crippen LogP contribution in [0.15, 0.2) is 18.2 Å². The number of piperidine rings is 1. The summed E-state index contributed by atoms with van der Waals surface area (Å²) >= 11 is 0. The van der Waals surface area contributed by atoms with Gasteiger partial charge in [0, 0.05) is 30.0 Å². The van der Waals surface area contributed by atoms with Gasteiger partial charge in [-0.25, -0.2) is 0 Å². The number of rotatable bonds is 1. The SMILES string of the molecule is CC1(C)CCN(C(=O)c2cc(N)cc(N)c2)CC1. The minimum Gasteiger partial charge on any atom is -0.399 e. The summed E-state index contributed by atoms with van der Waals surface area (Å²) in [5, 5.41) is 0. The minimum atomic E-state index is 0.0319. The highest BCUT2D eigenvalue weighted by Crippen LogP contribution is 2.30. The maximum Gasteiger partial charge on any atom is 0.254 e. The first-order valence-corrected chi connectivity index (χ1v) is 6.33. The highest BCUT2D eigenvalue weighted by molar-refractivity contribution is 5.96. The monoisotopic (exact) mass is 247 g/mol. The van der Waals surface area contributed by atoms with E-state index in [-0.39, 0.29) is 5.91 Å². The summed E-state index contributed by atoms with van der Waals surface area (Å²) in [6.45, 7) is 6.10. The molecule has 4 heteroatoms. The van der Waals surface area contributed by atoms with E-state index in [1.807, 2.05) is 4.90 Å². The van der Waals surface area contributed by atoms with Crippen LogP contribution in [0.3, 0.4) is 0 Å². The lowest BCUT2D eigenvalue weighted by atomic mass is 9.82. The lowest BCUT2D eigenvalue weighted by Gasteiger charge is -2.37. The van der Waals surface area contributed by atoms with Crippen molar-refractivity contribution in [3.05, 3.63) is 23.8 Å². The number of hydrogen-bond acceptors (Lipinski definition) is 3. The van der Waals surface area contributed by atoms with Crippen LogP contribution in [0.1, 0.15) is 37.0 Å². The Labute approximate surface area is 108 Å². The van der Waals surface area contributed by atoms with Crippen molar-refractivity contribution in [3.63, 3.8) is 0 Å². The third-order valence-electron chi connectivity index (χ3n) is 3.63. The molecule has 1 aromatic carbocycles. The van der Waals surface area contributed by atoms with Gasteiger partial charge < -0.3 is 16.4 Å². The van der Waals surface area contributed by atoms with E-state index >= 15 is 0 Å². The number of nitrogens with zero attached hydrogens (tertiary/aromatic N) is 1. The number of carbonyl (C=O) groups is 1. The molecule has 1 fully saturated rings. The highest BCUT2D eigenvalue weighted by atomic mass is 16.2. The van der Waals surface area contributed by atoms with Gasteiger partial charge in [-0.2, -0.15) is 0 Å². The summed E-state index contributed by atoms with van der Waals surface area (Å²) in [6.07, 6.45) is 2.08. The number of benzene rings is 1. The Morgan fingerprint density at radius 2 is 1.61 bits per heavy atom. The van der Waals surface area contributed by atoms with Crippen molar-refractivity contribution in [2.75, 3.05) is 24.6 Å². The molecule has 1 amide bonds. The molecule has 2 rings (SSSR count). The van der Waals surface area contributed by atoms with Gasteiger partial charge in [0.25, 0.3) is 5.91 Å². The molecular weight excluding hydrogens is 226 g/mol. The molecule has 4 N–H and O–H groups in total. The quantitative estimate of drug-likeness (QED) is 0.746. The Morgan fingerprint density at radius 1 is 1.11 bits per heavy atom. The van der Waals surface area contributed by atoms with E-state index in [1.54, 1.807) is 18.2 Å². The molecule has 0 unspecified atom stereocenters. The second-order valence-corrected chi connectivity index (χ2v) is 5.84. The topological polar surface area (TPSA) is 72.3 Å². The molecule has 1 saturated heterocycles. The van der Waals surface area contributed by atoms with Crippen molar-refractivity contribution in [1.82, 2.24) is 4.90 Å². The summed E-state index contributed by atoms with van der Waals surface area (Å²) in [5.41, 5.74) is 13.4. The van der Waals surface area contributed by atoms with Crippen molar-refractivity contribution >= 4 is 17.3 Å². The van der Waals surface area contributed by atoms with E-state index in [2.05, 4.69) is 13.8 Å². The number of anilines is 2. The zero-order chi connectivity index (χ0) is 13.3. The van der Waals surface area contributed by atoms with Crippen LogP contribution in [-0.2, 0) is 0 Å². The third kappa shape index (κ3) is 2.75. The lowest BCUT2D eigenvalue weighted by Crippen LogP contribution is -2.41. The summed E-state index contributed by atoms with van der Waals surface area (Å²) < 4.78 is 0. The smallest absolute Gasteiger partial charge is 0.254 e. The van der Waals surface area contributed by atoms with Crippen LogP contribution in [0, 0.1) is 5.41 Å². The van der Waals surface area contributed by atoms with E-state index in [9.17, 15) is 4.79 Å². The number of hydrogen-bond donors (Lipinski definition) is 2. The molecule has 0 aromatic heterocycles. The van der Waals surface area contributed by atoms with Crippen LogP contribution < -0.4 is 11.5 Å². The highest BCUT2D eigenvalue weighted by Gasteiger charge is 2.28. The zero-order valence-electron chi connectivity index (χ0n) is 11.1. The van der Waals surface area contributed by atoms with Crippen molar-refractivity contribution in [3.8, 4) is 0 Å². The first-order valence-electron chi connectivity index (χ1n) is 6.33. The average Bonchev–Trinajstić information content (AvgIpc) is 2.27. The normalized spacial score (nSPS) is 18.7. The molecule has 0 saturated carbocycles. The van der Waals surface area contributed by atoms with Gasteiger partial charge >= 0.3 is 0 Å². The van der Waals surface area contributed by atoms with E-state index in [0.717, 1.165) is 25.9 Å². The molecule has 0 bridgehead atoms. The molecule has 1 heterocycles. The van der Waals surface area contributed by atoms with Gasteiger partial charge in [0.1, 0.15) is 0 Å². The van der Waals surface area contributed by atoms with Gasteiger partial charge in [0.05, 0.1) is 0 Å². The molecule has 0 radical (unpaired) electrons. The second-order valence-electron chi connectivity index (χ2n) is 5.84. The predicted octanol–water partition coefficient (Wildman–Crippen LogP) is 2.11. The Kier molecular flexibility index (Phi) is 3.20. The standard InChI is InChI=1S/C14H21N3O/c1-14(2)3-5-17(6-4-14)13(18)10-7-11(15)9-12(16)8-10/h7-9H,3-6,15-16H2,1-2H3. The fourth-order valence-corrected chi connectivity index (χ4v) is 2.30. The number of nitrogen functional groups attached to an aromatic ring is 2. The van der Waals surface area contributed by atoms with Gasteiger partial charge in [0.2, 0.25) is 0 Å². The van der Waals surface area contributed by atoms with Crippen LogP contribution in [0.4, 0.5) is 11.4 Å². The van der Waals surface area contributed by atoms with E-state index < -0.39 is 0 Å². The predicted molar refractivity (Wildman–Crippen MR) is 74.2 cm³/mol. The maximum atomic E-state index is 12.3. The summed E-state index contributed by atoms with van der Waals surface area (Å²) in [4.78, 5) is 14.2. The van der Waals surface area contributed by atoms with Crippen molar-refractivity contribution < 1.29 is 4.79 Å². The molecule has 98 valence electrons. The molecule has 1 aliphatic rings. The molecule has 1 aromatic rings. The Hall–Kier alpha value is -1.71. The minimum absolute atomic E-state index is 0.0319. The van der Waals surface area contributed by atoms with E-state index in [4.69, 9.17) is 11.5 Å². The fraction of sp³-hybridized carbons (Fsp3) is 0.500. The van der Waals surface area contributed by atoms with E-state index in [1.165, 1.54) is 0 Å². The van der Waals surface area contributed by atoms with Gasteiger partial charge in [-0.15, -0.1) is 0 Å². The Bertz CT molecular complexity index is 438. The average molecular weight is 247 g/mol. The Morgan fingerprint density at radius 3 is 2.11 bits per heavy atom. The first kappa shape index (κ1) is 12.7. The summed E-state index contributed by atoms with van der Waals surface area (Å²) in [7, 11) is 0. The van der Waals surface area contributed by atoms with Crippen LogP contribution >= 0.6 is 0 Å². The van der Waals surface area contributed by atoms with Crippen molar-refractivity contribution in [2.24, 2.45) is 5.41 Å². The number of nitrogens with two attached hydrogens (primary N) is 2. The number of amides is 1. The van der Waals surface area contributed by atoms with Crippen LogP contribution in [0.5, 0.6) is 0 Å². The summed E-state index contributed by atoms with van der Waals surface area (Å²) in [6, 6.07) is 5.05. The maximum absolute atomic E-state index is 12.3. The first-order chi connectivity index (χ1) is 8.37. The molecule has 0 aliphatic carbocycles. The van der Waals surface area contributed by atoms with Gasteiger partial charge in [-0.3, -0.25) is 4.79 Å². The molecule has 1 aliphatic heterocycles. The van der Waals surface area contributed by atoms with Crippen molar-refractivity contribution in [1.29, 1.82) is 0 Å². The zero-order valence-corrected chi connectivity index (χ0v) is 11.1. The molecule has 18 heavy (non-hydrogen) atoms. The molecule has 4 nitrogen and oxygen atoms in total. The Balaban J connectivity index is 2.12. The largest absolute Gasteiger partial charge is 0.399 e. The molecule has 0 spiro atoms. The van der Waals surface area contributed by atoms with Gasteiger partial charge in [0.15, 0.2) is 0 Å². The van der Waals surface area contributed by atoms with Crippen LogP contribution in [-0.4, -0.2) is 23.9 Å². The lowest BCUT2D eigenvalue weighted by molar-refractivity contribution is 0.0630.